The summed E-state index contributed by atoms with van der Waals surface area (Å²) in [5, 5.41) is 2.73. The highest BCUT2D eigenvalue weighted by Gasteiger charge is 2.38. The minimum Gasteiger partial charge on any atom is -0.316 e. The van der Waals surface area contributed by atoms with Crippen LogP contribution in [0.4, 0.5) is 4.39 Å². The zero-order chi connectivity index (χ0) is 15.5. The van der Waals surface area contributed by atoms with E-state index in [2.05, 4.69) is 12.2 Å². The Hall–Kier alpha value is -0.940. The summed E-state index contributed by atoms with van der Waals surface area (Å²) in [4.78, 5) is 0.228. The van der Waals surface area contributed by atoms with Crippen molar-refractivity contribution in [2.24, 2.45) is 5.92 Å². The largest absolute Gasteiger partial charge is 0.316 e. The Morgan fingerprint density at radius 3 is 2.48 bits per heavy atom. The van der Waals surface area contributed by atoms with Gasteiger partial charge in [0.25, 0.3) is 0 Å². The molecule has 3 unspecified atom stereocenters. The molecule has 1 aliphatic rings. The fourth-order valence-corrected chi connectivity index (χ4v) is 5.45. The summed E-state index contributed by atoms with van der Waals surface area (Å²) in [6.45, 7) is 2.13. The van der Waals surface area contributed by atoms with Crippen molar-refractivity contribution in [3.8, 4) is 0 Å². The molecule has 3 atom stereocenters. The normalized spacial score (nSPS) is 26.7. The topological polar surface area (TPSA) is 46.2 Å². The van der Waals surface area contributed by atoms with Crippen LogP contribution in [0.5, 0.6) is 0 Å². The van der Waals surface area contributed by atoms with Crippen molar-refractivity contribution in [3.63, 3.8) is 0 Å². The van der Waals surface area contributed by atoms with Crippen LogP contribution in [0.25, 0.3) is 0 Å². The summed E-state index contributed by atoms with van der Waals surface area (Å²) in [6, 6.07) is 5.16. The van der Waals surface area contributed by atoms with E-state index in [9.17, 15) is 12.8 Å². The Morgan fingerprint density at radius 1 is 1.24 bits per heavy atom. The van der Waals surface area contributed by atoms with Gasteiger partial charge in [0.05, 0.1) is 10.1 Å². The Balaban J connectivity index is 2.28. The number of sulfone groups is 1. The molecule has 1 aromatic rings. The van der Waals surface area contributed by atoms with Crippen molar-refractivity contribution in [1.82, 2.24) is 5.32 Å². The molecular weight excluding hydrogens is 289 g/mol. The summed E-state index contributed by atoms with van der Waals surface area (Å²) < 4.78 is 38.7. The van der Waals surface area contributed by atoms with E-state index in [4.69, 9.17) is 0 Å². The molecule has 0 aromatic heterocycles. The van der Waals surface area contributed by atoms with E-state index >= 15 is 0 Å². The van der Waals surface area contributed by atoms with Crippen LogP contribution >= 0.6 is 0 Å². The number of hydrogen-bond donors (Lipinski definition) is 1. The molecule has 0 saturated heterocycles. The third-order valence-electron chi connectivity index (χ3n) is 4.51. The molecule has 2 rings (SSSR count). The molecule has 1 aliphatic carbocycles. The summed E-state index contributed by atoms with van der Waals surface area (Å²) >= 11 is 0. The highest BCUT2D eigenvalue weighted by molar-refractivity contribution is 7.92. The SMILES string of the molecule is CCCC1CCC(NC)C(S(=O)(=O)c2ccc(F)cc2)C1. The van der Waals surface area contributed by atoms with Gasteiger partial charge < -0.3 is 5.32 Å². The third-order valence-corrected chi connectivity index (χ3v) is 6.76. The van der Waals surface area contributed by atoms with Gasteiger partial charge in [-0.2, -0.15) is 0 Å². The van der Waals surface area contributed by atoms with Gasteiger partial charge in [-0.15, -0.1) is 0 Å². The standard InChI is InChI=1S/C16H24FNO2S/c1-3-4-12-5-10-15(18-2)16(11-12)21(19,20)14-8-6-13(17)7-9-14/h6-9,12,15-16,18H,3-5,10-11H2,1-2H3. The summed E-state index contributed by atoms with van der Waals surface area (Å²) in [5.74, 6) is 0.0615. The maximum Gasteiger partial charge on any atom is 0.182 e. The van der Waals surface area contributed by atoms with Crippen LogP contribution in [0.2, 0.25) is 0 Å². The lowest BCUT2D eigenvalue weighted by Crippen LogP contribution is -2.46. The van der Waals surface area contributed by atoms with Gasteiger partial charge >= 0.3 is 0 Å². The van der Waals surface area contributed by atoms with Crippen LogP contribution in [0.3, 0.4) is 0 Å². The second kappa shape index (κ2) is 6.88. The van der Waals surface area contributed by atoms with E-state index in [1.54, 1.807) is 0 Å². The van der Waals surface area contributed by atoms with Gasteiger partial charge in [0.1, 0.15) is 5.82 Å². The summed E-state index contributed by atoms with van der Waals surface area (Å²) in [5.41, 5.74) is 0. The van der Waals surface area contributed by atoms with E-state index in [0.717, 1.165) is 25.7 Å². The fraction of sp³-hybridized carbons (Fsp3) is 0.625. The van der Waals surface area contributed by atoms with E-state index < -0.39 is 20.9 Å². The molecule has 3 nitrogen and oxygen atoms in total. The zero-order valence-corrected chi connectivity index (χ0v) is 13.5. The van der Waals surface area contributed by atoms with Crippen LogP contribution in [0, 0.1) is 11.7 Å². The van der Waals surface area contributed by atoms with Crippen LogP contribution in [0.1, 0.15) is 39.0 Å². The maximum absolute atomic E-state index is 13.0. The average Bonchev–Trinajstić information content (AvgIpc) is 2.48. The first-order valence-corrected chi connectivity index (χ1v) is 9.20. The molecule has 0 radical (unpaired) electrons. The number of hydrogen-bond acceptors (Lipinski definition) is 3. The quantitative estimate of drug-likeness (QED) is 0.849. The molecular formula is C16H24FNO2S. The number of nitrogens with one attached hydrogen (secondary N) is 1. The van der Waals surface area contributed by atoms with Gasteiger partial charge in [0.15, 0.2) is 9.84 Å². The molecule has 1 saturated carbocycles. The minimum absolute atomic E-state index is 0.0202. The Morgan fingerprint density at radius 2 is 1.90 bits per heavy atom. The van der Waals surface area contributed by atoms with Gasteiger partial charge in [-0.3, -0.25) is 0 Å². The van der Waals surface area contributed by atoms with Crippen LogP contribution in [-0.2, 0) is 9.84 Å². The predicted octanol–water partition coefficient (Wildman–Crippen LogP) is 3.16. The van der Waals surface area contributed by atoms with Crippen molar-refractivity contribution in [1.29, 1.82) is 0 Å². The average molecular weight is 313 g/mol. The van der Waals surface area contributed by atoms with Gasteiger partial charge in [0.2, 0.25) is 0 Å². The molecule has 1 N–H and O–H groups in total. The Kier molecular flexibility index (Phi) is 5.38. The van der Waals surface area contributed by atoms with E-state index in [0.29, 0.717) is 12.3 Å². The molecule has 118 valence electrons. The molecule has 1 fully saturated rings. The van der Waals surface area contributed by atoms with Gasteiger partial charge in [-0.1, -0.05) is 19.8 Å². The first-order valence-electron chi connectivity index (χ1n) is 7.65. The smallest absolute Gasteiger partial charge is 0.182 e. The molecule has 21 heavy (non-hydrogen) atoms. The van der Waals surface area contributed by atoms with Crippen LogP contribution in [-0.4, -0.2) is 26.8 Å². The lowest BCUT2D eigenvalue weighted by atomic mass is 9.83. The highest BCUT2D eigenvalue weighted by Crippen LogP contribution is 2.34. The second-order valence-corrected chi connectivity index (χ2v) is 8.07. The lowest BCUT2D eigenvalue weighted by molar-refractivity contribution is 0.288. The van der Waals surface area contributed by atoms with Crippen molar-refractivity contribution < 1.29 is 12.8 Å². The molecule has 0 spiro atoms. The molecule has 0 bridgehead atoms. The lowest BCUT2D eigenvalue weighted by Gasteiger charge is -2.35. The maximum atomic E-state index is 13.0. The monoisotopic (exact) mass is 313 g/mol. The highest BCUT2D eigenvalue weighted by atomic mass is 32.2. The number of halogens is 1. The summed E-state index contributed by atoms with van der Waals surface area (Å²) in [7, 11) is -1.60. The molecule has 0 amide bonds. The molecule has 5 heteroatoms. The first kappa shape index (κ1) is 16.4. The third kappa shape index (κ3) is 3.64. The van der Waals surface area contributed by atoms with Crippen LogP contribution < -0.4 is 5.32 Å². The minimum atomic E-state index is -3.42. The van der Waals surface area contributed by atoms with Crippen molar-refractivity contribution in [2.45, 2.75) is 55.2 Å². The number of benzene rings is 1. The van der Waals surface area contributed by atoms with Gasteiger partial charge in [-0.05, 0) is 56.5 Å². The Bertz CT molecular complexity index is 556. The Labute approximate surface area is 126 Å². The van der Waals surface area contributed by atoms with Crippen molar-refractivity contribution in [3.05, 3.63) is 30.1 Å². The second-order valence-electron chi connectivity index (χ2n) is 5.90. The van der Waals surface area contributed by atoms with Crippen molar-refractivity contribution >= 4 is 9.84 Å². The molecule has 0 aliphatic heterocycles. The van der Waals surface area contributed by atoms with E-state index in [-0.39, 0.29) is 10.9 Å². The van der Waals surface area contributed by atoms with Crippen LogP contribution in [0.15, 0.2) is 29.2 Å². The first-order chi connectivity index (χ1) is 9.98. The van der Waals surface area contributed by atoms with E-state index in [1.165, 1.54) is 24.3 Å². The van der Waals surface area contributed by atoms with E-state index in [1.807, 2.05) is 7.05 Å². The van der Waals surface area contributed by atoms with Crippen molar-refractivity contribution in [2.75, 3.05) is 7.05 Å². The van der Waals surface area contributed by atoms with Gasteiger partial charge in [0, 0.05) is 6.04 Å². The number of rotatable bonds is 5. The molecule has 1 aromatic carbocycles. The van der Waals surface area contributed by atoms with Gasteiger partial charge in [-0.25, -0.2) is 12.8 Å². The predicted molar refractivity (Wildman–Crippen MR) is 82.5 cm³/mol. The molecule has 0 heterocycles. The fourth-order valence-electron chi connectivity index (χ4n) is 3.35. The zero-order valence-electron chi connectivity index (χ0n) is 12.7. The summed E-state index contributed by atoms with van der Waals surface area (Å²) in [6.07, 6.45) is 4.81.